The predicted molar refractivity (Wildman–Crippen MR) is 95.1 cm³/mol. The van der Waals surface area contributed by atoms with E-state index >= 15 is 0 Å². The fourth-order valence-electron chi connectivity index (χ4n) is 3.98. The van der Waals surface area contributed by atoms with Gasteiger partial charge in [-0.1, -0.05) is 55.7 Å². The smallest absolute Gasteiger partial charge is 0.141 e. The molecule has 2 saturated carbocycles. The largest absolute Gasteiger partial charge is 0.376 e. The molecule has 2 N–H and O–H groups in total. The summed E-state index contributed by atoms with van der Waals surface area (Å²) in [5, 5.41) is 14.8. The summed E-state index contributed by atoms with van der Waals surface area (Å²) in [6.07, 6.45) is 10.9. The van der Waals surface area contributed by atoms with Gasteiger partial charge in [0, 0.05) is 11.6 Å². The van der Waals surface area contributed by atoms with Crippen LogP contribution in [0.15, 0.2) is 30.3 Å². The van der Waals surface area contributed by atoms with Gasteiger partial charge in [-0.2, -0.15) is 0 Å². The lowest BCUT2D eigenvalue weighted by Crippen LogP contribution is -2.53. The van der Waals surface area contributed by atoms with Gasteiger partial charge in [0.05, 0.1) is 0 Å². The van der Waals surface area contributed by atoms with E-state index in [-0.39, 0.29) is 6.04 Å². The highest BCUT2D eigenvalue weighted by Crippen LogP contribution is 2.29. The van der Waals surface area contributed by atoms with Gasteiger partial charge >= 0.3 is 0 Å². The van der Waals surface area contributed by atoms with Crippen LogP contribution in [0.5, 0.6) is 0 Å². The Morgan fingerprint density at radius 1 is 1.00 bits per heavy atom. The Morgan fingerprint density at radius 3 is 2.52 bits per heavy atom. The van der Waals surface area contributed by atoms with Gasteiger partial charge in [0.2, 0.25) is 0 Å². The second kappa shape index (κ2) is 7.99. The Morgan fingerprint density at radius 2 is 1.74 bits per heavy atom. The zero-order chi connectivity index (χ0) is 16.0. The Balaban J connectivity index is 1.63. The van der Waals surface area contributed by atoms with Gasteiger partial charge in [-0.15, -0.1) is 0 Å². The standard InChI is InChI=1S/C21H29NO/c23-21(16-14-18-9-3-1-4-10-18)15-8-7-13-20(21)22-17-19-11-5-2-6-12-19/h1,3-4,9-10,19-20,22-23H,2,5-8,11-13,15,17H2/t20-,21-/m1/s1. The first-order valence-electron chi connectivity index (χ1n) is 9.30. The van der Waals surface area contributed by atoms with Crippen molar-refractivity contribution in [1.29, 1.82) is 0 Å². The fraction of sp³-hybridized carbons (Fsp3) is 0.619. The first-order chi connectivity index (χ1) is 11.3. The average molecular weight is 311 g/mol. The molecular formula is C21H29NO. The summed E-state index contributed by atoms with van der Waals surface area (Å²) >= 11 is 0. The van der Waals surface area contributed by atoms with Crippen molar-refractivity contribution in [2.75, 3.05) is 6.54 Å². The third kappa shape index (κ3) is 4.59. The summed E-state index contributed by atoms with van der Waals surface area (Å²) in [5.41, 5.74) is 0.112. The number of rotatable bonds is 3. The molecule has 0 spiro atoms. The normalized spacial score (nSPS) is 28.8. The van der Waals surface area contributed by atoms with Crippen molar-refractivity contribution in [2.24, 2.45) is 5.92 Å². The van der Waals surface area contributed by atoms with E-state index in [9.17, 15) is 5.11 Å². The minimum Gasteiger partial charge on any atom is -0.376 e. The number of benzene rings is 1. The Hall–Kier alpha value is -1.30. The first-order valence-corrected chi connectivity index (χ1v) is 9.30. The van der Waals surface area contributed by atoms with E-state index in [1.165, 1.54) is 38.5 Å². The summed E-state index contributed by atoms with van der Waals surface area (Å²) in [7, 11) is 0. The van der Waals surface area contributed by atoms with E-state index in [2.05, 4.69) is 17.2 Å². The second-order valence-electron chi connectivity index (χ2n) is 7.25. The summed E-state index contributed by atoms with van der Waals surface area (Å²) in [5.74, 6) is 7.17. The maximum Gasteiger partial charge on any atom is 0.141 e. The Bertz CT molecular complexity index is 538. The van der Waals surface area contributed by atoms with Crippen LogP contribution >= 0.6 is 0 Å². The van der Waals surface area contributed by atoms with E-state index < -0.39 is 5.60 Å². The van der Waals surface area contributed by atoms with E-state index in [0.29, 0.717) is 0 Å². The number of hydrogen-bond donors (Lipinski definition) is 2. The van der Waals surface area contributed by atoms with Crippen molar-refractivity contribution < 1.29 is 5.11 Å². The van der Waals surface area contributed by atoms with Gasteiger partial charge in [-0.3, -0.25) is 0 Å². The van der Waals surface area contributed by atoms with Crippen LogP contribution in [0.4, 0.5) is 0 Å². The maximum absolute atomic E-state index is 11.1. The molecule has 0 aliphatic heterocycles. The van der Waals surface area contributed by atoms with Crippen LogP contribution in [0.25, 0.3) is 0 Å². The van der Waals surface area contributed by atoms with Crippen LogP contribution in [-0.4, -0.2) is 23.3 Å². The number of aliphatic hydroxyl groups is 1. The molecule has 0 bridgehead atoms. The molecule has 2 atom stereocenters. The maximum atomic E-state index is 11.1. The summed E-state index contributed by atoms with van der Waals surface area (Å²) in [6, 6.07) is 10.1. The zero-order valence-corrected chi connectivity index (χ0v) is 14.1. The minimum atomic E-state index is -0.872. The molecule has 0 unspecified atom stereocenters. The molecule has 0 radical (unpaired) electrons. The van der Waals surface area contributed by atoms with Crippen LogP contribution in [-0.2, 0) is 0 Å². The fourth-order valence-corrected chi connectivity index (χ4v) is 3.98. The van der Waals surface area contributed by atoms with Gasteiger partial charge in [0.1, 0.15) is 5.60 Å². The molecule has 3 rings (SSSR count). The van der Waals surface area contributed by atoms with Gasteiger partial charge in [0.15, 0.2) is 0 Å². The number of nitrogens with one attached hydrogen (secondary N) is 1. The lowest BCUT2D eigenvalue weighted by molar-refractivity contribution is 0.0240. The van der Waals surface area contributed by atoms with Gasteiger partial charge in [-0.05, 0) is 56.7 Å². The highest BCUT2D eigenvalue weighted by molar-refractivity contribution is 5.36. The zero-order valence-electron chi connectivity index (χ0n) is 14.1. The molecule has 2 aliphatic carbocycles. The van der Waals surface area contributed by atoms with Crippen LogP contribution in [0, 0.1) is 17.8 Å². The summed E-state index contributed by atoms with van der Waals surface area (Å²) < 4.78 is 0. The molecule has 1 aromatic carbocycles. The van der Waals surface area contributed by atoms with Crippen LogP contribution < -0.4 is 5.32 Å². The van der Waals surface area contributed by atoms with Crippen molar-refractivity contribution in [3.8, 4) is 11.8 Å². The molecule has 0 aromatic heterocycles. The van der Waals surface area contributed by atoms with Crippen LogP contribution in [0.1, 0.15) is 63.4 Å². The SMILES string of the molecule is O[C@@]1(C#Cc2ccccc2)CCCC[C@H]1NCC1CCCCC1. The predicted octanol–water partition coefficient (Wildman–Crippen LogP) is 3.88. The lowest BCUT2D eigenvalue weighted by Gasteiger charge is -2.38. The molecule has 2 heteroatoms. The van der Waals surface area contributed by atoms with Gasteiger partial charge < -0.3 is 10.4 Å². The van der Waals surface area contributed by atoms with E-state index in [0.717, 1.165) is 37.3 Å². The van der Waals surface area contributed by atoms with E-state index in [1.54, 1.807) is 0 Å². The van der Waals surface area contributed by atoms with Crippen LogP contribution in [0.3, 0.4) is 0 Å². The quantitative estimate of drug-likeness (QED) is 0.830. The molecule has 0 saturated heterocycles. The molecule has 0 heterocycles. The molecular weight excluding hydrogens is 282 g/mol. The molecule has 124 valence electrons. The molecule has 1 aromatic rings. The average Bonchev–Trinajstić information content (AvgIpc) is 2.61. The minimum absolute atomic E-state index is 0.120. The van der Waals surface area contributed by atoms with E-state index in [1.807, 2.05) is 30.3 Å². The third-order valence-corrected chi connectivity index (χ3v) is 5.45. The van der Waals surface area contributed by atoms with Crippen molar-refractivity contribution in [2.45, 2.75) is 69.4 Å². The number of hydrogen-bond acceptors (Lipinski definition) is 2. The van der Waals surface area contributed by atoms with E-state index in [4.69, 9.17) is 0 Å². The van der Waals surface area contributed by atoms with Crippen molar-refractivity contribution >= 4 is 0 Å². The molecule has 23 heavy (non-hydrogen) atoms. The molecule has 2 fully saturated rings. The molecule has 2 aliphatic rings. The third-order valence-electron chi connectivity index (χ3n) is 5.45. The van der Waals surface area contributed by atoms with Crippen molar-refractivity contribution in [1.82, 2.24) is 5.32 Å². The van der Waals surface area contributed by atoms with Crippen molar-refractivity contribution in [3.63, 3.8) is 0 Å². The van der Waals surface area contributed by atoms with Gasteiger partial charge in [-0.25, -0.2) is 0 Å². The monoisotopic (exact) mass is 311 g/mol. The lowest BCUT2D eigenvalue weighted by atomic mass is 9.80. The van der Waals surface area contributed by atoms with Gasteiger partial charge in [0.25, 0.3) is 0 Å². The highest BCUT2D eigenvalue weighted by atomic mass is 16.3. The van der Waals surface area contributed by atoms with Crippen molar-refractivity contribution in [3.05, 3.63) is 35.9 Å². The highest BCUT2D eigenvalue weighted by Gasteiger charge is 2.37. The Labute approximate surface area is 140 Å². The summed E-state index contributed by atoms with van der Waals surface area (Å²) in [6.45, 7) is 1.04. The second-order valence-corrected chi connectivity index (χ2v) is 7.25. The summed E-state index contributed by atoms with van der Waals surface area (Å²) in [4.78, 5) is 0. The van der Waals surface area contributed by atoms with Crippen LogP contribution in [0.2, 0.25) is 0 Å². The topological polar surface area (TPSA) is 32.3 Å². The first kappa shape index (κ1) is 16.6. The molecule has 2 nitrogen and oxygen atoms in total. The molecule has 0 amide bonds. The Kier molecular flexibility index (Phi) is 5.75.